The Morgan fingerprint density at radius 2 is 1.95 bits per heavy atom. The van der Waals surface area contributed by atoms with Crippen molar-refractivity contribution in [3.63, 3.8) is 0 Å². The van der Waals surface area contributed by atoms with Crippen LogP contribution < -0.4 is 10.5 Å². The molecule has 0 bridgehead atoms. The largest absolute Gasteiger partial charge is 0.489 e. The van der Waals surface area contributed by atoms with E-state index < -0.39 is 0 Å². The molecule has 3 heteroatoms. The summed E-state index contributed by atoms with van der Waals surface area (Å²) in [7, 11) is 0. The Morgan fingerprint density at radius 3 is 2.70 bits per heavy atom. The van der Waals surface area contributed by atoms with Crippen LogP contribution in [-0.4, -0.2) is 6.10 Å². The number of benzene rings is 2. The van der Waals surface area contributed by atoms with Gasteiger partial charge in [-0.2, -0.15) is 0 Å². The first-order valence-corrected chi connectivity index (χ1v) is 7.29. The summed E-state index contributed by atoms with van der Waals surface area (Å²) < 4.78 is 6.13. The molecule has 0 saturated heterocycles. The molecular weight excluding hydrogens is 270 g/mol. The molecule has 3 rings (SSSR count). The van der Waals surface area contributed by atoms with Gasteiger partial charge in [0.2, 0.25) is 0 Å². The van der Waals surface area contributed by atoms with Gasteiger partial charge in [0.25, 0.3) is 0 Å². The van der Waals surface area contributed by atoms with Crippen molar-refractivity contribution < 1.29 is 4.74 Å². The first-order chi connectivity index (χ1) is 9.65. The lowest BCUT2D eigenvalue weighted by Gasteiger charge is -2.34. The molecule has 1 heterocycles. The van der Waals surface area contributed by atoms with Crippen molar-refractivity contribution in [3.8, 4) is 5.75 Å². The van der Waals surface area contributed by atoms with Gasteiger partial charge < -0.3 is 10.5 Å². The summed E-state index contributed by atoms with van der Waals surface area (Å²) in [5, 5.41) is 0.706. The van der Waals surface area contributed by atoms with Gasteiger partial charge in [0.05, 0.1) is 0 Å². The lowest BCUT2D eigenvalue weighted by atomic mass is 9.87. The second-order valence-corrected chi connectivity index (χ2v) is 5.82. The molecule has 0 radical (unpaired) electrons. The minimum absolute atomic E-state index is 0.0198. The smallest absolute Gasteiger partial charge is 0.124 e. The van der Waals surface area contributed by atoms with Crippen molar-refractivity contribution in [1.29, 1.82) is 0 Å². The number of hydrogen-bond donors (Lipinski definition) is 1. The summed E-state index contributed by atoms with van der Waals surface area (Å²) in [6.07, 6.45) is 0.907. The maximum atomic E-state index is 6.28. The molecule has 2 N–H and O–H groups in total. The Labute approximate surface area is 124 Å². The van der Waals surface area contributed by atoms with Crippen LogP contribution >= 0.6 is 11.6 Å². The molecule has 3 atom stereocenters. The van der Waals surface area contributed by atoms with Gasteiger partial charge in [-0.3, -0.25) is 0 Å². The molecule has 0 amide bonds. The lowest BCUT2D eigenvalue weighted by Crippen LogP contribution is -2.33. The molecule has 0 aliphatic carbocycles. The summed E-state index contributed by atoms with van der Waals surface area (Å²) in [5.41, 5.74) is 8.57. The number of hydrogen-bond acceptors (Lipinski definition) is 2. The molecule has 2 aromatic carbocycles. The fourth-order valence-corrected chi connectivity index (χ4v) is 2.96. The van der Waals surface area contributed by atoms with E-state index in [2.05, 4.69) is 31.2 Å². The highest BCUT2D eigenvalue weighted by Gasteiger charge is 2.30. The predicted molar refractivity (Wildman–Crippen MR) is 82.3 cm³/mol. The maximum Gasteiger partial charge on any atom is 0.124 e. The first kappa shape index (κ1) is 13.5. The molecule has 20 heavy (non-hydrogen) atoms. The lowest BCUT2D eigenvalue weighted by molar-refractivity contribution is 0.136. The van der Waals surface area contributed by atoms with Crippen LogP contribution in [0.25, 0.3) is 0 Å². The topological polar surface area (TPSA) is 35.2 Å². The third-order valence-corrected chi connectivity index (χ3v) is 4.25. The summed E-state index contributed by atoms with van der Waals surface area (Å²) in [4.78, 5) is 0. The van der Waals surface area contributed by atoms with E-state index in [0.29, 0.717) is 10.9 Å². The quantitative estimate of drug-likeness (QED) is 0.894. The average molecular weight is 288 g/mol. The van der Waals surface area contributed by atoms with E-state index in [0.717, 1.165) is 17.7 Å². The normalized spacial score (nSPS) is 22.8. The van der Waals surface area contributed by atoms with Crippen LogP contribution in [0.5, 0.6) is 5.75 Å². The van der Waals surface area contributed by atoms with E-state index in [-0.39, 0.29) is 12.1 Å². The summed E-state index contributed by atoms with van der Waals surface area (Å²) in [6.45, 7) is 2.19. The maximum absolute atomic E-state index is 6.28. The molecule has 3 unspecified atom stereocenters. The number of rotatable bonds is 2. The fourth-order valence-electron chi connectivity index (χ4n) is 2.78. The first-order valence-electron chi connectivity index (χ1n) is 6.92. The van der Waals surface area contributed by atoms with Crippen molar-refractivity contribution >= 4 is 11.6 Å². The molecule has 1 aliphatic rings. The van der Waals surface area contributed by atoms with Crippen molar-refractivity contribution in [2.45, 2.75) is 31.4 Å². The van der Waals surface area contributed by atoms with Crippen LogP contribution in [0.3, 0.4) is 0 Å². The second kappa shape index (κ2) is 5.47. The molecule has 0 aromatic heterocycles. The third-order valence-electron chi connectivity index (χ3n) is 4.02. The number of halogens is 1. The Hall–Kier alpha value is -1.51. The fraction of sp³-hybridized carbons (Fsp3) is 0.294. The third kappa shape index (κ3) is 2.54. The number of fused-ring (bicyclic) bond motifs is 1. The van der Waals surface area contributed by atoms with Gasteiger partial charge in [-0.15, -0.1) is 0 Å². The van der Waals surface area contributed by atoms with E-state index >= 15 is 0 Å². The summed E-state index contributed by atoms with van der Waals surface area (Å²) >= 11 is 6.03. The minimum atomic E-state index is -0.0198. The van der Waals surface area contributed by atoms with Crippen molar-refractivity contribution in [2.24, 2.45) is 5.73 Å². The Kier molecular flexibility index (Phi) is 3.68. The molecule has 2 nitrogen and oxygen atoms in total. The van der Waals surface area contributed by atoms with E-state index in [4.69, 9.17) is 22.1 Å². The molecule has 1 aliphatic heterocycles. The van der Waals surface area contributed by atoms with Gasteiger partial charge in [-0.25, -0.2) is 0 Å². The number of ether oxygens (including phenoxy) is 1. The molecule has 104 valence electrons. The van der Waals surface area contributed by atoms with Gasteiger partial charge in [0.1, 0.15) is 11.9 Å². The van der Waals surface area contributed by atoms with E-state index in [9.17, 15) is 0 Å². The van der Waals surface area contributed by atoms with E-state index in [1.165, 1.54) is 5.56 Å². The Morgan fingerprint density at radius 1 is 1.20 bits per heavy atom. The Bertz CT molecular complexity index is 599. The molecule has 2 aromatic rings. The van der Waals surface area contributed by atoms with Crippen LogP contribution in [0.15, 0.2) is 48.5 Å². The zero-order chi connectivity index (χ0) is 14.1. The monoisotopic (exact) mass is 287 g/mol. The zero-order valence-electron chi connectivity index (χ0n) is 11.4. The molecular formula is C17H18ClNO. The van der Waals surface area contributed by atoms with Gasteiger partial charge in [0.15, 0.2) is 0 Å². The highest BCUT2D eigenvalue weighted by molar-refractivity contribution is 6.30. The highest BCUT2D eigenvalue weighted by atomic mass is 35.5. The van der Waals surface area contributed by atoms with Gasteiger partial charge in [-0.1, -0.05) is 48.9 Å². The van der Waals surface area contributed by atoms with Crippen LogP contribution in [0.2, 0.25) is 5.02 Å². The van der Waals surface area contributed by atoms with E-state index in [1.807, 2.05) is 24.3 Å². The van der Waals surface area contributed by atoms with Crippen LogP contribution in [0, 0.1) is 0 Å². The van der Waals surface area contributed by atoms with Crippen molar-refractivity contribution in [2.75, 3.05) is 0 Å². The highest BCUT2D eigenvalue weighted by Crippen LogP contribution is 2.39. The van der Waals surface area contributed by atoms with Crippen LogP contribution in [0.1, 0.15) is 36.4 Å². The molecule has 0 spiro atoms. The van der Waals surface area contributed by atoms with Crippen molar-refractivity contribution in [1.82, 2.24) is 0 Å². The van der Waals surface area contributed by atoms with Crippen LogP contribution in [-0.2, 0) is 0 Å². The molecule has 0 saturated carbocycles. The number of nitrogens with two attached hydrogens (primary N) is 1. The summed E-state index contributed by atoms with van der Waals surface area (Å²) in [5.74, 6) is 1.17. The zero-order valence-corrected chi connectivity index (χ0v) is 12.2. The Balaban J connectivity index is 1.86. The SMILES string of the molecule is CC(c1ccccc1)C1CC(N)c2cc(Cl)ccc2O1. The van der Waals surface area contributed by atoms with Gasteiger partial charge in [-0.05, 0) is 23.8 Å². The second-order valence-electron chi connectivity index (χ2n) is 5.38. The van der Waals surface area contributed by atoms with E-state index in [1.54, 1.807) is 0 Å². The molecule has 0 fully saturated rings. The van der Waals surface area contributed by atoms with Crippen molar-refractivity contribution in [3.05, 3.63) is 64.7 Å². The average Bonchev–Trinajstić information content (AvgIpc) is 2.48. The van der Waals surface area contributed by atoms with Gasteiger partial charge >= 0.3 is 0 Å². The van der Waals surface area contributed by atoms with Gasteiger partial charge in [0, 0.05) is 29.0 Å². The van der Waals surface area contributed by atoms with Crippen LogP contribution in [0.4, 0.5) is 0 Å². The minimum Gasteiger partial charge on any atom is -0.489 e. The summed E-state index contributed by atoms with van der Waals surface area (Å²) in [6, 6.07) is 16.1. The standard InChI is InChI=1S/C17H18ClNO/c1-11(12-5-3-2-4-6-12)17-10-15(19)14-9-13(18)7-8-16(14)20-17/h2-9,11,15,17H,10,19H2,1H3. The predicted octanol–water partition coefficient (Wildman–Crippen LogP) is 4.29.